The first-order valence-corrected chi connectivity index (χ1v) is 8.59. The van der Waals surface area contributed by atoms with Crippen molar-refractivity contribution in [1.29, 1.82) is 0 Å². The summed E-state index contributed by atoms with van der Waals surface area (Å²) < 4.78 is 1.79. The molecule has 2 aromatic rings. The summed E-state index contributed by atoms with van der Waals surface area (Å²) >= 11 is 13.4. The van der Waals surface area contributed by atoms with Crippen molar-refractivity contribution < 1.29 is 4.79 Å². The van der Waals surface area contributed by atoms with Gasteiger partial charge in [-0.25, -0.2) is 4.68 Å². The summed E-state index contributed by atoms with van der Waals surface area (Å²) in [6.45, 7) is 4.96. The Labute approximate surface area is 144 Å². The molecule has 0 spiro atoms. The lowest BCUT2D eigenvalue weighted by atomic mass is 10.2. The summed E-state index contributed by atoms with van der Waals surface area (Å²) in [5, 5.41) is 8.26. The first-order chi connectivity index (χ1) is 10.5. The van der Waals surface area contributed by atoms with Crippen LogP contribution in [0.5, 0.6) is 0 Å². The molecular weight excluding hydrogens is 341 g/mol. The molecule has 0 saturated heterocycles. The minimum atomic E-state index is -0.105. The van der Waals surface area contributed by atoms with Crippen LogP contribution < -0.4 is 5.32 Å². The summed E-state index contributed by atoms with van der Waals surface area (Å²) in [7, 11) is 0. The molecule has 1 aromatic heterocycles. The predicted octanol–water partition coefficient (Wildman–Crippen LogP) is 4.58. The molecule has 1 amide bonds. The summed E-state index contributed by atoms with van der Waals surface area (Å²) in [4.78, 5) is 12.9. The second-order valence-electron chi connectivity index (χ2n) is 5.20. The van der Waals surface area contributed by atoms with Gasteiger partial charge in [0.25, 0.3) is 0 Å². The average Bonchev–Trinajstić information content (AvgIpc) is 2.86. The van der Waals surface area contributed by atoms with Crippen LogP contribution in [0.3, 0.4) is 0 Å². The zero-order valence-electron chi connectivity index (χ0n) is 12.3. The number of carbonyl (C=O) groups is 1. The summed E-state index contributed by atoms with van der Waals surface area (Å²) in [6, 6.07) is 6.99. The van der Waals surface area contributed by atoms with Crippen LogP contribution in [0.2, 0.25) is 10.0 Å². The van der Waals surface area contributed by atoms with Crippen LogP contribution in [0.4, 0.5) is 5.82 Å². The predicted molar refractivity (Wildman–Crippen MR) is 92.9 cm³/mol. The Hall–Kier alpha value is -1.17. The maximum absolute atomic E-state index is 12.1. The van der Waals surface area contributed by atoms with Crippen molar-refractivity contribution in [3.05, 3.63) is 40.5 Å². The molecule has 22 heavy (non-hydrogen) atoms. The molecule has 0 radical (unpaired) electrons. The average molecular weight is 358 g/mol. The van der Waals surface area contributed by atoms with Crippen LogP contribution in [0.1, 0.15) is 13.8 Å². The van der Waals surface area contributed by atoms with Crippen LogP contribution in [-0.2, 0) is 11.3 Å². The number of halogens is 2. The van der Waals surface area contributed by atoms with Gasteiger partial charge in [-0.15, -0.1) is 11.8 Å². The normalized spacial score (nSPS) is 11.0. The molecule has 1 aromatic carbocycles. The summed E-state index contributed by atoms with van der Waals surface area (Å²) in [5.74, 6) is 1.31. The van der Waals surface area contributed by atoms with Crippen molar-refractivity contribution in [2.24, 2.45) is 5.92 Å². The molecule has 0 aliphatic carbocycles. The van der Waals surface area contributed by atoms with E-state index in [1.807, 2.05) is 0 Å². The number of hydrogen-bond acceptors (Lipinski definition) is 3. The van der Waals surface area contributed by atoms with E-state index in [-0.39, 0.29) is 11.7 Å². The van der Waals surface area contributed by atoms with E-state index in [1.54, 1.807) is 35.1 Å². The third kappa shape index (κ3) is 4.93. The molecule has 1 heterocycles. The van der Waals surface area contributed by atoms with Gasteiger partial charge in [-0.2, -0.15) is 5.10 Å². The lowest BCUT2D eigenvalue weighted by Crippen LogP contribution is -2.18. The Bertz CT molecular complexity index is 658. The fraction of sp³-hybridized carbons (Fsp3) is 0.333. The number of thioether (sulfide) groups is 1. The minimum Gasteiger partial charge on any atom is -0.310 e. The largest absolute Gasteiger partial charge is 0.310 e. The molecule has 1 N–H and O–H groups in total. The quantitative estimate of drug-likeness (QED) is 0.769. The third-order valence-electron chi connectivity index (χ3n) is 2.77. The zero-order chi connectivity index (χ0) is 16.1. The molecule has 0 atom stereocenters. The SMILES string of the molecule is CC(C)Cn1nccc1NC(=O)CSc1cc(Cl)ccc1Cl. The number of anilines is 1. The van der Waals surface area contributed by atoms with Crippen LogP contribution >= 0.6 is 35.0 Å². The van der Waals surface area contributed by atoms with Gasteiger partial charge in [-0.05, 0) is 24.1 Å². The topological polar surface area (TPSA) is 46.9 Å². The first kappa shape index (κ1) is 17.2. The highest BCUT2D eigenvalue weighted by molar-refractivity contribution is 8.00. The first-order valence-electron chi connectivity index (χ1n) is 6.85. The van der Waals surface area contributed by atoms with Crippen molar-refractivity contribution in [2.45, 2.75) is 25.3 Å². The number of nitrogens with one attached hydrogen (secondary N) is 1. The van der Waals surface area contributed by atoms with E-state index in [0.717, 1.165) is 11.4 Å². The Kier molecular flexibility index (Phi) is 6.17. The van der Waals surface area contributed by atoms with E-state index < -0.39 is 0 Å². The maximum atomic E-state index is 12.1. The fourth-order valence-corrected chi connectivity index (χ4v) is 3.13. The van der Waals surface area contributed by atoms with Crippen LogP contribution in [0.25, 0.3) is 0 Å². The van der Waals surface area contributed by atoms with Gasteiger partial charge >= 0.3 is 0 Å². The van der Waals surface area contributed by atoms with Crippen molar-refractivity contribution >= 4 is 46.7 Å². The van der Waals surface area contributed by atoms with Crippen LogP contribution in [-0.4, -0.2) is 21.4 Å². The molecule has 118 valence electrons. The van der Waals surface area contributed by atoms with Crippen molar-refractivity contribution in [3.8, 4) is 0 Å². The van der Waals surface area contributed by atoms with Crippen molar-refractivity contribution in [1.82, 2.24) is 9.78 Å². The maximum Gasteiger partial charge on any atom is 0.235 e. The van der Waals surface area contributed by atoms with Crippen LogP contribution in [0, 0.1) is 5.92 Å². The number of hydrogen-bond donors (Lipinski definition) is 1. The Morgan fingerprint density at radius 1 is 1.36 bits per heavy atom. The highest BCUT2D eigenvalue weighted by Crippen LogP contribution is 2.29. The molecule has 0 unspecified atom stereocenters. The number of benzene rings is 1. The molecule has 4 nitrogen and oxygen atoms in total. The second kappa shape index (κ2) is 7.90. The van der Waals surface area contributed by atoms with Gasteiger partial charge in [0.1, 0.15) is 5.82 Å². The van der Waals surface area contributed by atoms with Gasteiger partial charge < -0.3 is 5.32 Å². The zero-order valence-corrected chi connectivity index (χ0v) is 14.7. The monoisotopic (exact) mass is 357 g/mol. The van der Waals surface area contributed by atoms with E-state index in [1.165, 1.54) is 11.8 Å². The van der Waals surface area contributed by atoms with Gasteiger partial charge in [0.15, 0.2) is 0 Å². The number of amides is 1. The standard InChI is InChI=1S/C15H17Cl2N3OS/c1-10(2)8-20-14(5-6-18-20)19-15(21)9-22-13-7-11(16)3-4-12(13)17/h3-7,10H,8-9H2,1-2H3,(H,19,21). The highest BCUT2D eigenvalue weighted by Gasteiger charge is 2.10. The Morgan fingerprint density at radius 2 is 2.14 bits per heavy atom. The fourth-order valence-electron chi connectivity index (χ4n) is 1.84. The van der Waals surface area contributed by atoms with Gasteiger partial charge in [0, 0.05) is 22.5 Å². The third-order valence-corrected chi connectivity index (χ3v) is 4.51. The van der Waals surface area contributed by atoms with Gasteiger partial charge in [0.05, 0.1) is 17.0 Å². The highest BCUT2D eigenvalue weighted by atomic mass is 35.5. The minimum absolute atomic E-state index is 0.105. The van der Waals surface area contributed by atoms with E-state index >= 15 is 0 Å². The van der Waals surface area contributed by atoms with E-state index in [0.29, 0.717) is 21.8 Å². The molecule has 0 bridgehead atoms. The number of nitrogens with zero attached hydrogens (tertiary/aromatic N) is 2. The summed E-state index contributed by atoms with van der Waals surface area (Å²) in [6.07, 6.45) is 1.68. The Balaban J connectivity index is 1.93. The molecule has 2 rings (SSSR count). The van der Waals surface area contributed by atoms with Crippen LogP contribution in [0.15, 0.2) is 35.4 Å². The lowest BCUT2D eigenvalue weighted by Gasteiger charge is -2.11. The lowest BCUT2D eigenvalue weighted by molar-refractivity contribution is -0.113. The van der Waals surface area contributed by atoms with E-state index in [4.69, 9.17) is 23.2 Å². The molecule has 0 saturated carbocycles. The van der Waals surface area contributed by atoms with Gasteiger partial charge in [-0.1, -0.05) is 37.0 Å². The molecule has 0 fully saturated rings. The molecule has 0 aliphatic heterocycles. The molecule has 0 aliphatic rings. The number of rotatable bonds is 6. The second-order valence-corrected chi connectivity index (χ2v) is 7.06. The van der Waals surface area contributed by atoms with Crippen molar-refractivity contribution in [2.75, 3.05) is 11.1 Å². The molecular formula is C15H17Cl2N3OS. The van der Waals surface area contributed by atoms with E-state index in [2.05, 4.69) is 24.3 Å². The van der Waals surface area contributed by atoms with Gasteiger partial charge in [0.2, 0.25) is 5.91 Å². The summed E-state index contributed by atoms with van der Waals surface area (Å²) in [5.41, 5.74) is 0. The molecule has 7 heteroatoms. The number of carbonyl (C=O) groups excluding carboxylic acids is 1. The van der Waals surface area contributed by atoms with Gasteiger partial charge in [-0.3, -0.25) is 4.79 Å². The number of aromatic nitrogens is 2. The van der Waals surface area contributed by atoms with Crippen molar-refractivity contribution in [3.63, 3.8) is 0 Å². The Morgan fingerprint density at radius 3 is 2.86 bits per heavy atom. The smallest absolute Gasteiger partial charge is 0.235 e. The van der Waals surface area contributed by atoms with E-state index in [9.17, 15) is 4.79 Å².